The predicted molar refractivity (Wildman–Crippen MR) is 112 cm³/mol. The van der Waals surface area contributed by atoms with Gasteiger partial charge in [0.25, 0.3) is 0 Å². The summed E-state index contributed by atoms with van der Waals surface area (Å²) < 4.78 is 44.5. The number of terminal acetylenes is 1. The first-order valence-electron chi connectivity index (χ1n) is 9.86. The van der Waals surface area contributed by atoms with Crippen LogP contribution in [0.15, 0.2) is 36.4 Å². The van der Waals surface area contributed by atoms with Gasteiger partial charge in [-0.3, -0.25) is 0 Å². The Hall–Kier alpha value is -2.06. The lowest BCUT2D eigenvalue weighted by Gasteiger charge is -2.45. The molecule has 0 aliphatic carbocycles. The number of fused-ring (bicyclic) bond motifs is 2. The molecule has 2 aromatic rings. The van der Waals surface area contributed by atoms with Gasteiger partial charge in [-0.25, -0.2) is 0 Å². The molecule has 4 rings (SSSR count). The number of thioether (sulfide) groups is 1. The number of rotatable bonds is 3. The van der Waals surface area contributed by atoms with Gasteiger partial charge in [0.2, 0.25) is 0 Å². The van der Waals surface area contributed by atoms with Crippen LogP contribution in [0.2, 0.25) is 0 Å². The molecule has 0 radical (unpaired) electrons. The van der Waals surface area contributed by atoms with Gasteiger partial charge >= 0.3 is 6.18 Å². The fourth-order valence-corrected chi connectivity index (χ4v) is 5.74. The zero-order valence-electron chi connectivity index (χ0n) is 16.7. The van der Waals surface area contributed by atoms with Gasteiger partial charge in [-0.05, 0) is 47.4 Å². The third kappa shape index (κ3) is 3.81. The fourth-order valence-electron chi connectivity index (χ4n) is 4.19. The lowest BCUT2D eigenvalue weighted by atomic mass is 9.89. The van der Waals surface area contributed by atoms with E-state index in [1.54, 1.807) is 12.1 Å². The van der Waals surface area contributed by atoms with Crippen LogP contribution in [-0.4, -0.2) is 50.6 Å². The van der Waals surface area contributed by atoms with Gasteiger partial charge in [-0.2, -0.15) is 13.2 Å². The van der Waals surface area contributed by atoms with Crippen molar-refractivity contribution in [3.8, 4) is 12.3 Å². The van der Waals surface area contributed by atoms with Crippen LogP contribution >= 0.6 is 11.8 Å². The van der Waals surface area contributed by atoms with Crippen molar-refractivity contribution >= 4 is 11.8 Å². The molecule has 0 bridgehead atoms. The van der Waals surface area contributed by atoms with Crippen LogP contribution in [0.5, 0.6) is 0 Å². The summed E-state index contributed by atoms with van der Waals surface area (Å²) in [6.07, 6.45) is -2.87. The van der Waals surface area contributed by atoms with Gasteiger partial charge in [0.15, 0.2) is 4.93 Å². The van der Waals surface area contributed by atoms with E-state index in [1.807, 2.05) is 0 Å². The monoisotopic (exact) mass is 466 g/mol. The zero-order valence-corrected chi connectivity index (χ0v) is 17.5. The molecule has 2 aliphatic rings. The molecule has 5 atom stereocenters. The maximum Gasteiger partial charge on any atom is 0.416 e. The average Bonchev–Trinajstić information content (AvgIpc) is 3.12. The summed E-state index contributed by atoms with van der Waals surface area (Å²) in [6, 6.07) is 8.23. The normalized spacial score (nSPS) is 29.7. The molecule has 2 heterocycles. The molecule has 9 heteroatoms. The molecule has 1 fully saturated rings. The molecular formula is C23H21F3O5S. The lowest BCUT2D eigenvalue weighted by molar-refractivity contribution is -0.147. The Balaban J connectivity index is 1.72. The Bertz CT molecular complexity index is 1050. The lowest BCUT2D eigenvalue weighted by Crippen LogP contribution is -2.58. The number of aliphatic hydroxyl groups excluding tert-OH is 4. The van der Waals surface area contributed by atoms with E-state index in [4.69, 9.17) is 11.2 Å². The minimum atomic E-state index is -4.43. The Morgan fingerprint density at radius 2 is 1.81 bits per heavy atom. The number of alkyl halides is 3. The van der Waals surface area contributed by atoms with E-state index in [2.05, 4.69) is 5.92 Å². The summed E-state index contributed by atoms with van der Waals surface area (Å²) in [5.74, 6) is 2.59. The molecule has 0 amide bonds. The average molecular weight is 466 g/mol. The van der Waals surface area contributed by atoms with E-state index in [1.165, 1.54) is 12.1 Å². The van der Waals surface area contributed by atoms with Crippen molar-refractivity contribution < 1.29 is 38.3 Å². The molecular weight excluding hydrogens is 445 g/mol. The molecule has 5 nitrogen and oxygen atoms in total. The van der Waals surface area contributed by atoms with Crippen molar-refractivity contribution in [2.75, 3.05) is 6.61 Å². The van der Waals surface area contributed by atoms with E-state index in [0.29, 0.717) is 27.8 Å². The first kappa shape index (κ1) is 23.1. The smallest absolute Gasteiger partial charge is 0.395 e. The maximum absolute atomic E-state index is 12.9. The topological polar surface area (TPSA) is 90.2 Å². The minimum Gasteiger partial charge on any atom is -0.395 e. The summed E-state index contributed by atoms with van der Waals surface area (Å²) >= 11 is 1.03. The largest absolute Gasteiger partial charge is 0.416 e. The van der Waals surface area contributed by atoms with E-state index < -0.39 is 46.8 Å². The Morgan fingerprint density at radius 1 is 1.12 bits per heavy atom. The molecule has 0 unspecified atom stereocenters. The van der Waals surface area contributed by atoms with Crippen LogP contribution in [0.1, 0.15) is 33.4 Å². The number of aliphatic hydroxyl groups is 4. The summed E-state index contributed by atoms with van der Waals surface area (Å²) in [5, 5.41) is 40.2. The van der Waals surface area contributed by atoms with E-state index in [9.17, 15) is 33.6 Å². The van der Waals surface area contributed by atoms with Crippen molar-refractivity contribution in [1.29, 1.82) is 0 Å². The summed E-state index contributed by atoms with van der Waals surface area (Å²) in [5.41, 5.74) is 2.30. The Morgan fingerprint density at radius 3 is 2.41 bits per heavy atom. The number of benzene rings is 2. The fraction of sp³-hybridized carbons (Fsp3) is 0.391. The van der Waals surface area contributed by atoms with Gasteiger partial charge in [-0.1, -0.05) is 18.1 Å². The second kappa shape index (κ2) is 8.37. The summed E-state index contributed by atoms with van der Waals surface area (Å²) in [4.78, 5) is -1.41. The molecule has 4 N–H and O–H groups in total. The molecule has 0 saturated carbocycles. The second-order valence-corrected chi connectivity index (χ2v) is 9.35. The second-order valence-electron chi connectivity index (χ2n) is 7.90. The SMILES string of the molecule is C#Cc1cc2c(cc1Cc1ccc(C(F)(F)F)cc1)[C@]1(OC2)S[C@H](CO)[C@@H](O)[C@H](O)[C@H]1O. The van der Waals surface area contributed by atoms with E-state index >= 15 is 0 Å². The van der Waals surface area contributed by atoms with E-state index in [-0.39, 0.29) is 13.0 Å². The molecule has 170 valence electrons. The maximum atomic E-state index is 12.9. The van der Waals surface area contributed by atoms with Crippen LogP contribution in [0.4, 0.5) is 13.2 Å². The molecule has 2 aromatic carbocycles. The van der Waals surface area contributed by atoms with E-state index in [0.717, 1.165) is 23.9 Å². The Labute approximate surface area is 186 Å². The predicted octanol–water partition coefficient (Wildman–Crippen LogP) is 2.15. The van der Waals surface area contributed by atoms with Crippen LogP contribution < -0.4 is 0 Å². The van der Waals surface area contributed by atoms with Crippen LogP contribution in [0, 0.1) is 12.3 Å². The van der Waals surface area contributed by atoms with Crippen LogP contribution in [-0.2, 0) is 28.9 Å². The molecule has 32 heavy (non-hydrogen) atoms. The highest BCUT2D eigenvalue weighted by molar-refractivity contribution is 8.00. The minimum absolute atomic E-state index is 0.107. The third-order valence-electron chi connectivity index (χ3n) is 5.93. The number of ether oxygens (including phenoxy) is 1. The molecule has 1 spiro atoms. The quantitative estimate of drug-likeness (QED) is 0.519. The molecule has 0 aromatic heterocycles. The van der Waals surface area contributed by atoms with Crippen molar-refractivity contribution in [1.82, 2.24) is 0 Å². The van der Waals surface area contributed by atoms with Gasteiger partial charge in [0.05, 0.1) is 30.1 Å². The third-order valence-corrected chi connectivity index (χ3v) is 7.59. The first-order valence-corrected chi connectivity index (χ1v) is 10.7. The van der Waals surface area contributed by atoms with Gasteiger partial charge < -0.3 is 25.2 Å². The van der Waals surface area contributed by atoms with Crippen LogP contribution in [0.25, 0.3) is 0 Å². The van der Waals surface area contributed by atoms with Crippen molar-refractivity contribution in [2.24, 2.45) is 0 Å². The highest BCUT2D eigenvalue weighted by Crippen LogP contribution is 2.54. The zero-order chi connectivity index (χ0) is 23.3. The number of hydrogen-bond acceptors (Lipinski definition) is 6. The molecule has 2 aliphatic heterocycles. The van der Waals surface area contributed by atoms with Crippen molar-refractivity contribution in [3.63, 3.8) is 0 Å². The first-order chi connectivity index (χ1) is 15.1. The summed E-state index contributed by atoms with van der Waals surface area (Å²) in [6.45, 7) is -0.327. The molecule has 1 saturated heterocycles. The number of hydrogen-bond donors (Lipinski definition) is 4. The van der Waals surface area contributed by atoms with Gasteiger partial charge in [-0.15, -0.1) is 18.2 Å². The van der Waals surface area contributed by atoms with Gasteiger partial charge in [0, 0.05) is 11.1 Å². The number of halogens is 3. The standard InChI is InChI=1S/C23H21F3O5S/c1-2-13-8-15-11-31-22(21(30)20(29)19(28)18(10-27)32-22)17(15)9-14(13)7-12-3-5-16(6-4-12)23(24,25)26/h1,3-6,8-9,18-21,27-30H,7,10-11H2/t18-,19-,20+,21-,22+/m1/s1. The van der Waals surface area contributed by atoms with Crippen molar-refractivity contribution in [2.45, 2.75) is 47.7 Å². The highest BCUT2D eigenvalue weighted by Gasteiger charge is 2.57. The highest BCUT2D eigenvalue weighted by atomic mass is 32.2. The summed E-state index contributed by atoms with van der Waals surface area (Å²) in [7, 11) is 0. The van der Waals surface area contributed by atoms with Crippen molar-refractivity contribution in [3.05, 3.63) is 69.8 Å². The van der Waals surface area contributed by atoms with Crippen LogP contribution in [0.3, 0.4) is 0 Å². The van der Waals surface area contributed by atoms with Gasteiger partial charge in [0.1, 0.15) is 12.2 Å². The Kier molecular flexibility index (Phi) is 6.05.